The summed E-state index contributed by atoms with van der Waals surface area (Å²) in [6.07, 6.45) is 1.15. The number of carboxylic acid groups (broad SMARTS) is 1. The minimum Gasteiger partial charge on any atom is -0.496 e. The second kappa shape index (κ2) is 9.91. The van der Waals surface area contributed by atoms with Gasteiger partial charge in [-0.3, -0.25) is 14.4 Å². The highest BCUT2D eigenvalue weighted by atomic mass is 16.6. The maximum atomic E-state index is 11.8. The number of hydrogen-bond acceptors (Lipinski definition) is 6. The molecule has 2 rings (SSSR count). The second-order valence-corrected chi connectivity index (χ2v) is 6.18. The van der Waals surface area contributed by atoms with Gasteiger partial charge in [0.1, 0.15) is 24.2 Å². The van der Waals surface area contributed by atoms with Gasteiger partial charge in [-0.2, -0.15) is 0 Å². The average molecular weight is 364 g/mol. The van der Waals surface area contributed by atoms with E-state index in [0.29, 0.717) is 31.4 Å². The zero-order valence-electron chi connectivity index (χ0n) is 14.8. The molecule has 26 heavy (non-hydrogen) atoms. The van der Waals surface area contributed by atoms with Crippen LogP contribution in [-0.2, 0) is 23.9 Å². The first-order valence-electron chi connectivity index (χ1n) is 8.67. The van der Waals surface area contributed by atoms with Gasteiger partial charge in [0.25, 0.3) is 0 Å². The minimum absolute atomic E-state index is 0.0384. The summed E-state index contributed by atoms with van der Waals surface area (Å²) in [5.74, 6) is -0.786. The Balaban J connectivity index is 2.04. The number of hydrogen-bond donors (Lipinski definition) is 1. The fourth-order valence-corrected chi connectivity index (χ4v) is 2.87. The van der Waals surface area contributed by atoms with Gasteiger partial charge in [0.2, 0.25) is 0 Å². The van der Waals surface area contributed by atoms with Crippen LogP contribution in [0.5, 0.6) is 5.75 Å². The number of benzene rings is 1. The predicted octanol–water partition coefficient (Wildman–Crippen LogP) is 2.67. The Bertz CT molecular complexity index is 631. The molecule has 1 N–H and O–H groups in total. The highest BCUT2D eigenvalue weighted by Gasteiger charge is 2.26. The molecule has 1 aromatic rings. The molecule has 1 unspecified atom stereocenters. The van der Waals surface area contributed by atoms with Crippen LogP contribution < -0.4 is 4.74 Å². The predicted molar refractivity (Wildman–Crippen MR) is 91.9 cm³/mol. The molecule has 0 bridgehead atoms. The third-order valence-corrected chi connectivity index (χ3v) is 4.27. The van der Waals surface area contributed by atoms with Gasteiger partial charge < -0.3 is 19.3 Å². The van der Waals surface area contributed by atoms with E-state index in [1.165, 1.54) is 0 Å². The SMILES string of the molecule is COc1ccccc1C(COC(=O)CCC(=O)O)OC1CCC(=O)CC1. The van der Waals surface area contributed by atoms with Crippen molar-refractivity contribution in [2.45, 2.75) is 50.7 Å². The lowest BCUT2D eigenvalue weighted by atomic mass is 9.96. The van der Waals surface area contributed by atoms with Crippen LogP contribution in [0.25, 0.3) is 0 Å². The lowest BCUT2D eigenvalue weighted by molar-refractivity contribution is -0.153. The molecular formula is C19H24O7. The van der Waals surface area contributed by atoms with E-state index in [1.54, 1.807) is 13.2 Å². The van der Waals surface area contributed by atoms with Crippen molar-refractivity contribution in [3.05, 3.63) is 29.8 Å². The van der Waals surface area contributed by atoms with Crippen molar-refractivity contribution in [1.29, 1.82) is 0 Å². The molecule has 0 radical (unpaired) electrons. The number of esters is 1. The highest BCUT2D eigenvalue weighted by Crippen LogP contribution is 2.31. The quantitative estimate of drug-likeness (QED) is 0.673. The van der Waals surface area contributed by atoms with E-state index in [2.05, 4.69) is 0 Å². The van der Waals surface area contributed by atoms with Crippen molar-refractivity contribution >= 4 is 17.7 Å². The molecule has 1 aliphatic carbocycles. The van der Waals surface area contributed by atoms with Gasteiger partial charge in [-0.1, -0.05) is 18.2 Å². The van der Waals surface area contributed by atoms with Gasteiger partial charge >= 0.3 is 11.9 Å². The van der Waals surface area contributed by atoms with E-state index in [0.717, 1.165) is 5.56 Å². The average Bonchev–Trinajstić information content (AvgIpc) is 2.65. The van der Waals surface area contributed by atoms with Crippen molar-refractivity contribution < 1.29 is 33.7 Å². The van der Waals surface area contributed by atoms with Gasteiger partial charge in [-0.25, -0.2) is 0 Å². The number of carboxylic acids is 1. The monoisotopic (exact) mass is 364 g/mol. The molecule has 1 aliphatic rings. The molecule has 1 aromatic carbocycles. The van der Waals surface area contributed by atoms with Crippen LogP contribution in [0.2, 0.25) is 0 Å². The lowest BCUT2D eigenvalue weighted by Crippen LogP contribution is -2.26. The maximum absolute atomic E-state index is 11.8. The number of para-hydroxylation sites is 1. The van der Waals surface area contributed by atoms with Gasteiger partial charge in [-0.05, 0) is 18.9 Å². The molecule has 0 aliphatic heterocycles. The Morgan fingerprint density at radius 3 is 2.54 bits per heavy atom. The molecule has 7 nitrogen and oxygen atoms in total. The Hall–Kier alpha value is -2.41. The third-order valence-electron chi connectivity index (χ3n) is 4.27. The van der Waals surface area contributed by atoms with Gasteiger partial charge in [0.15, 0.2) is 0 Å². The highest BCUT2D eigenvalue weighted by molar-refractivity contribution is 5.79. The Morgan fingerprint density at radius 1 is 1.19 bits per heavy atom. The fourth-order valence-electron chi connectivity index (χ4n) is 2.87. The van der Waals surface area contributed by atoms with Crippen molar-refractivity contribution in [3.63, 3.8) is 0 Å². The molecule has 0 spiro atoms. The largest absolute Gasteiger partial charge is 0.496 e. The molecule has 1 saturated carbocycles. The molecule has 1 fully saturated rings. The van der Waals surface area contributed by atoms with E-state index in [1.807, 2.05) is 18.2 Å². The third kappa shape index (κ3) is 6.15. The summed E-state index contributed by atoms with van der Waals surface area (Å²) in [6, 6.07) is 7.30. The van der Waals surface area contributed by atoms with Crippen LogP contribution in [0.1, 0.15) is 50.2 Å². The van der Waals surface area contributed by atoms with Crippen molar-refractivity contribution in [1.82, 2.24) is 0 Å². The second-order valence-electron chi connectivity index (χ2n) is 6.18. The summed E-state index contributed by atoms with van der Waals surface area (Å²) in [7, 11) is 1.55. The minimum atomic E-state index is -1.05. The summed E-state index contributed by atoms with van der Waals surface area (Å²) >= 11 is 0. The van der Waals surface area contributed by atoms with Crippen molar-refractivity contribution in [2.75, 3.05) is 13.7 Å². The summed E-state index contributed by atoms with van der Waals surface area (Å²) in [5, 5.41) is 8.65. The zero-order valence-corrected chi connectivity index (χ0v) is 14.8. The molecule has 0 aromatic heterocycles. The number of carbonyl (C=O) groups is 3. The summed E-state index contributed by atoms with van der Waals surface area (Å²) in [4.78, 5) is 33.7. The van der Waals surface area contributed by atoms with E-state index in [9.17, 15) is 14.4 Å². The Labute approximate surface area is 152 Å². The first-order chi connectivity index (χ1) is 12.5. The molecule has 142 valence electrons. The number of rotatable bonds is 9. The maximum Gasteiger partial charge on any atom is 0.306 e. The zero-order chi connectivity index (χ0) is 18.9. The lowest BCUT2D eigenvalue weighted by Gasteiger charge is -2.28. The first-order valence-corrected chi connectivity index (χ1v) is 8.67. The molecule has 7 heteroatoms. The van der Waals surface area contributed by atoms with Crippen LogP contribution in [0.3, 0.4) is 0 Å². The van der Waals surface area contributed by atoms with Crippen LogP contribution in [0, 0.1) is 0 Å². The fraction of sp³-hybridized carbons (Fsp3) is 0.526. The first kappa shape index (κ1) is 19.9. The van der Waals surface area contributed by atoms with Crippen LogP contribution in [0.4, 0.5) is 0 Å². The van der Waals surface area contributed by atoms with Crippen molar-refractivity contribution in [2.24, 2.45) is 0 Å². The molecule has 1 atom stereocenters. The van der Waals surface area contributed by atoms with Gasteiger partial charge in [-0.15, -0.1) is 0 Å². The topological polar surface area (TPSA) is 99.1 Å². The Kier molecular flexibility index (Phi) is 7.59. The van der Waals surface area contributed by atoms with Crippen LogP contribution in [-0.4, -0.2) is 42.6 Å². The Morgan fingerprint density at radius 2 is 1.88 bits per heavy atom. The van der Waals surface area contributed by atoms with E-state index >= 15 is 0 Å². The number of carbonyl (C=O) groups excluding carboxylic acids is 2. The molecule has 0 heterocycles. The van der Waals surface area contributed by atoms with E-state index in [-0.39, 0.29) is 31.3 Å². The van der Waals surface area contributed by atoms with Crippen LogP contribution in [0.15, 0.2) is 24.3 Å². The smallest absolute Gasteiger partial charge is 0.306 e. The molecule has 0 saturated heterocycles. The number of aliphatic carboxylic acids is 1. The molecular weight excluding hydrogens is 340 g/mol. The number of methoxy groups -OCH3 is 1. The van der Waals surface area contributed by atoms with Crippen molar-refractivity contribution in [3.8, 4) is 5.75 Å². The van der Waals surface area contributed by atoms with Gasteiger partial charge in [0.05, 0.1) is 26.1 Å². The summed E-state index contributed by atoms with van der Waals surface area (Å²) in [5.41, 5.74) is 0.748. The van der Waals surface area contributed by atoms with E-state index < -0.39 is 18.0 Å². The summed E-state index contributed by atoms with van der Waals surface area (Å²) < 4.78 is 16.7. The standard InChI is InChI=1S/C19H24O7/c1-24-16-5-3-2-4-15(16)17(12-25-19(23)11-10-18(21)22)26-14-8-6-13(20)7-9-14/h2-5,14,17H,6-12H2,1H3,(H,21,22). The summed E-state index contributed by atoms with van der Waals surface area (Å²) in [6.45, 7) is -0.0384. The number of Topliss-reactive ketones (excluding diaryl/α,β-unsaturated/α-hetero) is 1. The normalized spacial score (nSPS) is 16.1. The van der Waals surface area contributed by atoms with E-state index in [4.69, 9.17) is 19.3 Å². The van der Waals surface area contributed by atoms with Gasteiger partial charge in [0, 0.05) is 18.4 Å². The number of ether oxygens (including phenoxy) is 3. The number of ketones is 1. The van der Waals surface area contributed by atoms with Crippen LogP contribution >= 0.6 is 0 Å². The molecule has 0 amide bonds.